The number of nitrogens with zero attached hydrogens (tertiary/aromatic N) is 5. The molecule has 1 aromatic heterocycles. The van der Waals surface area contributed by atoms with Crippen LogP contribution in [0.15, 0.2) is 24.4 Å². The van der Waals surface area contributed by atoms with Crippen molar-refractivity contribution >= 4 is 30.1 Å². The Labute approximate surface area is 163 Å². The first kappa shape index (κ1) is 21.1. The van der Waals surface area contributed by atoms with E-state index in [9.17, 15) is 14.4 Å². The molecule has 2 saturated heterocycles. The van der Waals surface area contributed by atoms with Gasteiger partial charge in [0.2, 0.25) is 12.4 Å². The lowest BCUT2D eigenvalue weighted by Crippen LogP contribution is -2.46. The van der Waals surface area contributed by atoms with Crippen LogP contribution in [-0.4, -0.2) is 82.7 Å². The van der Waals surface area contributed by atoms with Crippen molar-refractivity contribution < 1.29 is 24.6 Å². The predicted molar refractivity (Wildman–Crippen MR) is 102 cm³/mol. The van der Waals surface area contributed by atoms with Gasteiger partial charge in [-0.3, -0.25) is 4.79 Å². The van der Waals surface area contributed by atoms with Crippen molar-refractivity contribution in [3.8, 4) is 0 Å². The van der Waals surface area contributed by atoms with E-state index in [2.05, 4.69) is 14.8 Å². The molecular weight excluding hydrogens is 366 g/mol. The number of rotatable bonds is 5. The highest BCUT2D eigenvalue weighted by Gasteiger charge is 2.19. The van der Waals surface area contributed by atoms with Gasteiger partial charge in [0.1, 0.15) is 5.82 Å². The molecule has 28 heavy (non-hydrogen) atoms. The maximum atomic E-state index is 10.7. The number of piperidine rings is 1. The molecule has 0 unspecified atom stereocenters. The highest BCUT2D eigenvalue weighted by Crippen LogP contribution is 2.19. The van der Waals surface area contributed by atoms with Gasteiger partial charge >= 0.3 is 11.9 Å². The molecule has 152 valence electrons. The van der Waals surface area contributed by atoms with Gasteiger partial charge in [-0.1, -0.05) is 0 Å². The number of aromatic nitrogens is 2. The van der Waals surface area contributed by atoms with Crippen molar-refractivity contribution in [2.45, 2.75) is 19.3 Å². The van der Waals surface area contributed by atoms with Gasteiger partial charge < -0.3 is 24.9 Å². The molecule has 2 aliphatic heterocycles. The number of hydrogen-bond donors (Lipinski definition) is 2. The summed E-state index contributed by atoms with van der Waals surface area (Å²) in [5.41, 5.74) is 0. The second kappa shape index (κ2) is 10.9. The minimum atomic E-state index is -1.26. The van der Waals surface area contributed by atoms with E-state index < -0.39 is 11.9 Å². The summed E-state index contributed by atoms with van der Waals surface area (Å²) in [7, 11) is 0. The first-order chi connectivity index (χ1) is 13.5. The van der Waals surface area contributed by atoms with Crippen molar-refractivity contribution in [1.29, 1.82) is 0 Å². The van der Waals surface area contributed by atoms with Crippen molar-refractivity contribution in [3.63, 3.8) is 0 Å². The Bertz CT molecular complexity index is 681. The molecular formula is C18H25N5O5. The van der Waals surface area contributed by atoms with Crippen LogP contribution in [0.2, 0.25) is 0 Å². The first-order valence-corrected chi connectivity index (χ1v) is 9.16. The second-order valence-corrected chi connectivity index (χ2v) is 6.40. The van der Waals surface area contributed by atoms with Crippen LogP contribution in [0.1, 0.15) is 19.3 Å². The Morgan fingerprint density at radius 2 is 1.50 bits per heavy atom. The summed E-state index contributed by atoms with van der Waals surface area (Å²) in [4.78, 5) is 45.3. The van der Waals surface area contributed by atoms with Crippen LogP contribution in [0.4, 0.5) is 11.8 Å². The van der Waals surface area contributed by atoms with E-state index in [1.165, 1.54) is 19.3 Å². The van der Waals surface area contributed by atoms with Crippen LogP contribution >= 0.6 is 0 Å². The van der Waals surface area contributed by atoms with Gasteiger partial charge in [0, 0.05) is 57.6 Å². The van der Waals surface area contributed by atoms with Gasteiger partial charge in [0.25, 0.3) is 0 Å². The first-order valence-electron chi connectivity index (χ1n) is 9.16. The topological polar surface area (TPSA) is 127 Å². The van der Waals surface area contributed by atoms with E-state index in [1.54, 1.807) is 0 Å². The Balaban J connectivity index is 0.000000300. The largest absolute Gasteiger partial charge is 0.478 e. The molecule has 0 aliphatic carbocycles. The minimum Gasteiger partial charge on any atom is -0.478 e. The smallest absolute Gasteiger partial charge is 0.328 e. The Morgan fingerprint density at radius 3 is 2.04 bits per heavy atom. The number of carboxylic acid groups (broad SMARTS) is 2. The van der Waals surface area contributed by atoms with Crippen LogP contribution < -0.4 is 9.80 Å². The third kappa shape index (κ3) is 6.86. The van der Waals surface area contributed by atoms with Gasteiger partial charge in [0.15, 0.2) is 0 Å². The van der Waals surface area contributed by atoms with E-state index >= 15 is 0 Å². The van der Waals surface area contributed by atoms with Crippen molar-refractivity contribution in [2.24, 2.45) is 0 Å². The number of carbonyl (C=O) groups is 3. The van der Waals surface area contributed by atoms with Crippen molar-refractivity contribution in [3.05, 3.63) is 24.4 Å². The number of carboxylic acids is 2. The summed E-state index contributed by atoms with van der Waals surface area (Å²) in [6.45, 7) is 5.34. The Hall–Kier alpha value is -3.17. The normalized spacial score (nSPS) is 17.1. The summed E-state index contributed by atoms with van der Waals surface area (Å²) >= 11 is 0. The number of aliphatic carboxylic acids is 2. The molecule has 1 amide bonds. The summed E-state index contributed by atoms with van der Waals surface area (Å²) in [6.07, 6.45) is 7.65. The van der Waals surface area contributed by atoms with Crippen LogP contribution in [0, 0.1) is 0 Å². The van der Waals surface area contributed by atoms with E-state index in [0.717, 1.165) is 57.4 Å². The average Bonchev–Trinajstić information content (AvgIpc) is 2.73. The Morgan fingerprint density at radius 1 is 0.893 bits per heavy atom. The van der Waals surface area contributed by atoms with Crippen molar-refractivity contribution in [1.82, 2.24) is 14.9 Å². The number of carbonyl (C=O) groups excluding carboxylic acids is 1. The van der Waals surface area contributed by atoms with Crippen LogP contribution in [-0.2, 0) is 14.4 Å². The molecule has 3 rings (SSSR count). The number of anilines is 2. The monoisotopic (exact) mass is 391 g/mol. The maximum absolute atomic E-state index is 10.7. The number of amides is 1. The number of hydrogen-bond acceptors (Lipinski definition) is 7. The third-order valence-electron chi connectivity index (χ3n) is 4.42. The molecule has 0 saturated carbocycles. The SMILES string of the molecule is O=C(O)C=CC(=O)O.O=CN1CCN(c2ccnc(N3CCCCC3)n2)CC1. The molecule has 2 fully saturated rings. The van der Waals surface area contributed by atoms with Crippen molar-refractivity contribution in [2.75, 3.05) is 49.1 Å². The molecule has 0 spiro atoms. The zero-order chi connectivity index (χ0) is 20.4. The Kier molecular flexibility index (Phi) is 8.19. The third-order valence-corrected chi connectivity index (χ3v) is 4.42. The summed E-state index contributed by atoms with van der Waals surface area (Å²) < 4.78 is 0. The molecule has 0 aromatic carbocycles. The van der Waals surface area contributed by atoms with Gasteiger partial charge in [-0.2, -0.15) is 4.98 Å². The molecule has 2 N–H and O–H groups in total. The van der Waals surface area contributed by atoms with E-state index in [4.69, 9.17) is 15.2 Å². The molecule has 0 radical (unpaired) electrons. The van der Waals surface area contributed by atoms with E-state index in [-0.39, 0.29) is 0 Å². The molecule has 0 bridgehead atoms. The predicted octanol–water partition coefficient (Wildman–Crippen LogP) is 0.457. The minimum absolute atomic E-state index is 0.558. The van der Waals surface area contributed by atoms with E-state index in [1.807, 2.05) is 17.2 Å². The lowest BCUT2D eigenvalue weighted by molar-refractivity contribution is -0.134. The molecule has 1 aromatic rings. The van der Waals surface area contributed by atoms with Crippen LogP contribution in [0.3, 0.4) is 0 Å². The fourth-order valence-corrected chi connectivity index (χ4v) is 2.96. The lowest BCUT2D eigenvalue weighted by Gasteiger charge is -2.34. The molecule has 10 heteroatoms. The van der Waals surface area contributed by atoms with E-state index in [0.29, 0.717) is 12.2 Å². The van der Waals surface area contributed by atoms with Gasteiger partial charge in [-0.25, -0.2) is 14.6 Å². The average molecular weight is 391 g/mol. The maximum Gasteiger partial charge on any atom is 0.328 e. The lowest BCUT2D eigenvalue weighted by atomic mass is 10.1. The quantitative estimate of drug-likeness (QED) is 0.543. The van der Waals surface area contributed by atoms with Gasteiger partial charge in [0.05, 0.1) is 0 Å². The number of piperazine rings is 1. The van der Waals surface area contributed by atoms with Gasteiger partial charge in [-0.05, 0) is 25.3 Å². The fourth-order valence-electron chi connectivity index (χ4n) is 2.96. The highest BCUT2D eigenvalue weighted by atomic mass is 16.4. The molecule has 2 aliphatic rings. The molecule has 3 heterocycles. The summed E-state index contributed by atoms with van der Waals surface area (Å²) in [5.74, 6) is -0.689. The van der Waals surface area contributed by atoms with Crippen LogP contribution in [0.5, 0.6) is 0 Å². The van der Waals surface area contributed by atoms with Gasteiger partial charge in [-0.15, -0.1) is 0 Å². The zero-order valence-electron chi connectivity index (χ0n) is 15.6. The van der Waals surface area contributed by atoms with Crippen LogP contribution in [0.25, 0.3) is 0 Å². The fraction of sp³-hybridized carbons (Fsp3) is 0.500. The summed E-state index contributed by atoms with van der Waals surface area (Å²) in [6, 6.07) is 1.96. The highest BCUT2D eigenvalue weighted by molar-refractivity contribution is 5.89. The standard InChI is InChI=1S/C14H21N5O.C4H4O4/c20-12-17-8-10-18(11-9-17)13-4-5-15-14(16-13)19-6-2-1-3-7-19;5-3(6)1-2-4(7)8/h4-5,12H,1-3,6-11H2;1-2H,(H,5,6)(H,7,8). The molecule has 0 atom stereocenters. The summed E-state index contributed by atoms with van der Waals surface area (Å²) in [5, 5.41) is 15.6. The molecule has 10 nitrogen and oxygen atoms in total. The zero-order valence-corrected chi connectivity index (χ0v) is 15.6. The second-order valence-electron chi connectivity index (χ2n) is 6.40.